The number of nitrogens with two attached hydrogens (primary N) is 1. The largest absolute Gasteiger partial charge is 0.508 e. The number of fused-ring (bicyclic) bond motifs is 1. The number of carbonyl (C=O) groups excluding carboxylic acids is 3. The molecule has 0 aliphatic heterocycles. The average Bonchev–Trinajstić information content (AvgIpc) is 3.03. The number of hydrogen-bond donors (Lipinski definition) is 4. The molecule has 9 heteroatoms. The van der Waals surface area contributed by atoms with E-state index in [4.69, 9.17) is 15.2 Å². The van der Waals surface area contributed by atoms with E-state index in [-0.39, 0.29) is 31.8 Å². The monoisotopic (exact) mass is 391 g/mol. The third kappa shape index (κ3) is 5.46. The molecule has 0 radical (unpaired) electrons. The number of ether oxygens (including phenoxy) is 2. The maximum atomic E-state index is 12.5. The zero-order valence-electron chi connectivity index (χ0n) is 15.9. The Balaban J connectivity index is 2.07. The molecular weight excluding hydrogens is 366 g/mol. The van der Waals surface area contributed by atoms with Gasteiger partial charge >= 0.3 is 11.9 Å². The molecule has 0 saturated carbocycles. The van der Waals surface area contributed by atoms with Gasteiger partial charge in [-0.25, -0.2) is 4.79 Å². The van der Waals surface area contributed by atoms with Crippen LogP contribution in [-0.4, -0.2) is 53.2 Å². The lowest BCUT2D eigenvalue weighted by molar-refractivity contribution is -0.153. The third-order valence-electron chi connectivity index (χ3n) is 4.09. The minimum atomic E-state index is -1.18. The number of H-pyrrole nitrogens is 1. The normalized spacial score (nSPS) is 13.0. The van der Waals surface area contributed by atoms with Gasteiger partial charge in [0.15, 0.2) is 0 Å². The van der Waals surface area contributed by atoms with Gasteiger partial charge in [0.1, 0.15) is 11.8 Å². The SMILES string of the molecule is CCOC(=O)C[C@H](NC(=O)[C@@H](N)Cc1c[nH]c2ccc(O)cc12)C(=O)OCC. The number of rotatable bonds is 9. The lowest BCUT2D eigenvalue weighted by Crippen LogP contribution is -2.50. The minimum absolute atomic E-state index is 0.100. The fraction of sp³-hybridized carbons (Fsp3) is 0.421. The topological polar surface area (TPSA) is 144 Å². The van der Waals surface area contributed by atoms with Gasteiger partial charge in [-0.15, -0.1) is 0 Å². The van der Waals surface area contributed by atoms with Crippen molar-refractivity contribution in [3.8, 4) is 5.75 Å². The molecule has 0 fully saturated rings. The first-order chi connectivity index (χ1) is 13.3. The van der Waals surface area contributed by atoms with E-state index in [0.717, 1.165) is 16.5 Å². The van der Waals surface area contributed by atoms with Crippen LogP contribution in [0.5, 0.6) is 5.75 Å². The molecule has 152 valence electrons. The maximum Gasteiger partial charge on any atom is 0.329 e. The molecule has 1 aromatic carbocycles. The van der Waals surface area contributed by atoms with Crippen molar-refractivity contribution in [2.24, 2.45) is 5.73 Å². The number of aromatic nitrogens is 1. The predicted molar refractivity (Wildman–Crippen MR) is 101 cm³/mol. The van der Waals surface area contributed by atoms with Crippen LogP contribution in [0.15, 0.2) is 24.4 Å². The Morgan fingerprint density at radius 2 is 1.93 bits per heavy atom. The summed E-state index contributed by atoms with van der Waals surface area (Å²) in [4.78, 5) is 39.3. The zero-order valence-corrected chi connectivity index (χ0v) is 15.9. The fourth-order valence-corrected chi connectivity index (χ4v) is 2.77. The molecule has 1 heterocycles. The number of amides is 1. The number of esters is 2. The number of hydrogen-bond acceptors (Lipinski definition) is 7. The number of benzene rings is 1. The van der Waals surface area contributed by atoms with E-state index in [2.05, 4.69) is 10.3 Å². The second-order valence-electron chi connectivity index (χ2n) is 6.18. The van der Waals surface area contributed by atoms with E-state index >= 15 is 0 Å². The van der Waals surface area contributed by atoms with Gasteiger partial charge in [-0.1, -0.05) is 0 Å². The van der Waals surface area contributed by atoms with Gasteiger partial charge in [0.25, 0.3) is 0 Å². The van der Waals surface area contributed by atoms with Gasteiger partial charge in [0.05, 0.1) is 25.7 Å². The first-order valence-electron chi connectivity index (χ1n) is 9.02. The molecule has 2 rings (SSSR count). The molecule has 0 unspecified atom stereocenters. The standard InChI is InChI=1S/C19H25N3O6/c1-3-27-17(24)9-16(19(26)28-4-2)22-18(25)14(20)7-11-10-21-15-6-5-12(23)8-13(11)15/h5-6,8,10,14,16,21,23H,3-4,7,9,20H2,1-2H3,(H,22,25)/t14-,16-/m0/s1. The summed E-state index contributed by atoms with van der Waals surface area (Å²) in [5.74, 6) is -1.85. The Bertz CT molecular complexity index is 847. The van der Waals surface area contributed by atoms with Crippen LogP contribution >= 0.6 is 0 Å². The predicted octanol–water partition coefficient (Wildman–Crippen LogP) is 0.744. The Labute approximate surface area is 162 Å². The van der Waals surface area contributed by atoms with E-state index in [9.17, 15) is 19.5 Å². The van der Waals surface area contributed by atoms with Crippen LogP contribution < -0.4 is 11.1 Å². The van der Waals surface area contributed by atoms with Crippen molar-refractivity contribution in [3.63, 3.8) is 0 Å². The highest BCUT2D eigenvalue weighted by Gasteiger charge is 2.28. The van der Waals surface area contributed by atoms with E-state index in [1.807, 2.05) is 0 Å². The lowest BCUT2D eigenvalue weighted by Gasteiger charge is -2.19. The number of nitrogens with one attached hydrogen (secondary N) is 2. The lowest BCUT2D eigenvalue weighted by atomic mass is 10.0. The fourth-order valence-electron chi connectivity index (χ4n) is 2.77. The van der Waals surface area contributed by atoms with E-state index in [1.54, 1.807) is 38.2 Å². The molecule has 28 heavy (non-hydrogen) atoms. The van der Waals surface area contributed by atoms with Crippen molar-refractivity contribution in [2.45, 2.75) is 38.8 Å². The second-order valence-corrected chi connectivity index (χ2v) is 6.18. The first-order valence-corrected chi connectivity index (χ1v) is 9.02. The van der Waals surface area contributed by atoms with Crippen molar-refractivity contribution in [2.75, 3.05) is 13.2 Å². The Morgan fingerprint density at radius 1 is 1.21 bits per heavy atom. The van der Waals surface area contributed by atoms with Crippen LogP contribution in [0.2, 0.25) is 0 Å². The summed E-state index contributed by atoms with van der Waals surface area (Å²) in [5.41, 5.74) is 7.53. The molecule has 9 nitrogen and oxygen atoms in total. The summed E-state index contributed by atoms with van der Waals surface area (Å²) in [5, 5.41) is 12.9. The van der Waals surface area contributed by atoms with Gasteiger partial charge < -0.3 is 30.6 Å². The molecule has 1 amide bonds. The zero-order chi connectivity index (χ0) is 20.7. The second kappa shape index (κ2) is 9.75. The van der Waals surface area contributed by atoms with Gasteiger partial charge in [-0.05, 0) is 44.0 Å². The molecule has 0 saturated heterocycles. The quantitative estimate of drug-likeness (QED) is 0.462. The van der Waals surface area contributed by atoms with Crippen molar-refractivity contribution in [1.82, 2.24) is 10.3 Å². The summed E-state index contributed by atoms with van der Waals surface area (Å²) in [7, 11) is 0. The minimum Gasteiger partial charge on any atom is -0.508 e. The average molecular weight is 391 g/mol. The highest BCUT2D eigenvalue weighted by Crippen LogP contribution is 2.23. The van der Waals surface area contributed by atoms with Gasteiger partial charge in [0.2, 0.25) is 5.91 Å². The van der Waals surface area contributed by atoms with Crippen molar-refractivity contribution < 1.29 is 29.0 Å². The number of aromatic hydroxyl groups is 1. The maximum absolute atomic E-state index is 12.5. The summed E-state index contributed by atoms with van der Waals surface area (Å²) in [6.07, 6.45) is 1.54. The Hall–Kier alpha value is -3.07. The third-order valence-corrected chi connectivity index (χ3v) is 4.09. The van der Waals surface area contributed by atoms with Crippen LogP contribution in [0.1, 0.15) is 25.8 Å². The van der Waals surface area contributed by atoms with E-state index < -0.39 is 29.9 Å². The number of phenolic OH excluding ortho intramolecular Hbond substituents is 1. The summed E-state index contributed by atoms with van der Waals surface area (Å²) < 4.78 is 9.74. The van der Waals surface area contributed by atoms with Crippen LogP contribution in [0.25, 0.3) is 10.9 Å². The molecule has 1 aromatic heterocycles. The summed E-state index contributed by atoms with van der Waals surface area (Å²) >= 11 is 0. The number of carbonyl (C=O) groups is 3. The van der Waals surface area contributed by atoms with E-state index in [1.165, 1.54) is 0 Å². The number of phenols is 1. The van der Waals surface area contributed by atoms with Gasteiger partial charge in [0, 0.05) is 17.1 Å². The summed E-state index contributed by atoms with van der Waals surface area (Å²) in [6.45, 7) is 3.54. The molecule has 2 atom stereocenters. The molecule has 5 N–H and O–H groups in total. The Morgan fingerprint density at radius 3 is 2.61 bits per heavy atom. The first kappa shape index (κ1) is 21.2. The van der Waals surface area contributed by atoms with Gasteiger partial charge in [-0.2, -0.15) is 0 Å². The molecule has 0 spiro atoms. The molecular formula is C19H25N3O6. The smallest absolute Gasteiger partial charge is 0.329 e. The van der Waals surface area contributed by atoms with Gasteiger partial charge in [-0.3, -0.25) is 9.59 Å². The van der Waals surface area contributed by atoms with E-state index in [0.29, 0.717) is 0 Å². The molecule has 0 bridgehead atoms. The summed E-state index contributed by atoms with van der Waals surface area (Å²) in [6, 6.07) is 2.70. The highest BCUT2D eigenvalue weighted by molar-refractivity contribution is 5.91. The highest BCUT2D eigenvalue weighted by atomic mass is 16.5. The molecule has 2 aromatic rings. The molecule has 0 aliphatic carbocycles. The Kier molecular flexibility index (Phi) is 7.39. The van der Waals surface area contributed by atoms with Crippen LogP contribution in [0, 0.1) is 0 Å². The number of aromatic amines is 1. The van der Waals surface area contributed by atoms with Crippen LogP contribution in [0.4, 0.5) is 0 Å². The van der Waals surface area contributed by atoms with Crippen molar-refractivity contribution in [1.29, 1.82) is 0 Å². The van der Waals surface area contributed by atoms with Crippen LogP contribution in [-0.2, 0) is 30.3 Å². The molecule has 0 aliphatic rings. The van der Waals surface area contributed by atoms with Crippen molar-refractivity contribution >= 4 is 28.7 Å². The van der Waals surface area contributed by atoms with Crippen molar-refractivity contribution in [3.05, 3.63) is 30.0 Å². The van der Waals surface area contributed by atoms with Crippen LogP contribution in [0.3, 0.4) is 0 Å².